The number of rotatable bonds is 4. The number of halogens is 2. The number of aromatic nitrogens is 5. The Hall–Kier alpha value is -4.71. The van der Waals surface area contributed by atoms with Gasteiger partial charge in [-0.05, 0) is 105 Å². The van der Waals surface area contributed by atoms with Gasteiger partial charge in [0.25, 0.3) is 0 Å². The fourth-order valence-electron chi connectivity index (χ4n) is 8.15. The van der Waals surface area contributed by atoms with Crippen molar-refractivity contribution in [2.75, 3.05) is 26.9 Å². The van der Waals surface area contributed by atoms with E-state index in [0.29, 0.717) is 81.5 Å². The fraction of sp³-hybridized carbons (Fsp3) is 0.375. The first kappa shape index (κ1) is 34.4. The standard InChI is InChI=1S/C40H41ClFN5O5/c1-23-35-32-11-10-31(41)37(35)36-24(2)43-47-15-18-52-33(39(36)47)12-7-28-22-29(46(44-28)14-17-50-3)8-5-25-19-26-21-27(42)6-9-30(26)34(20-25)51-16-4-13-45(32)38(23)40(48)49/h6,9-11,19-22,33H,4-5,7-8,12-18H2,1-3H3,(H,48,49). The minimum absolute atomic E-state index is 0.218. The molecule has 1 atom stereocenters. The highest BCUT2D eigenvalue weighted by Crippen LogP contribution is 2.45. The van der Waals surface area contributed by atoms with Crippen LogP contribution in [0.5, 0.6) is 5.75 Å². The second kappa shape index (κ2) is 14.0. The van der Waals surface area contributed by atoms with E-state index in [-0.39, 0.29) is 17.6 Å². The summed E-state index contributed by atoms with van der Waals surface area (Å²) in [6.45, 7) is 6.86. The number of carboxylic acid groups (broad SMARTS) is 1. The molecule has 0 spiro atoms. The van der Waals surface area contributed by atoms with Gasteiger partial charge in [-0.3, -0.25) is 9.36 Å². The Kier molecular flexibility index (Phi) is 9.27. The maximum Gasteiger partial charge on any atom is 0.352 e. The Labute approximate surface area is 305 Å². The predicted octanol–water partition coefficient (Wildman–Crippen LogP) is 7.88. The number of carboxylic acids is 1. The number of nitrogens with zero attached hydrogens (tertiary/aromatic N) is 5. The second-order valence-corrected chi connectivity index (χ2v) is 14.1. The van der Waals surface area contributed by atoms with Gasteiger partial charge >= 0.3 is 5.97 Å². The van der Waals surface area contributed by atoms with Crippen molar-refractivity contribution in [2.24, 2.45) is 0 Å². The average Bonchev–Trinajstić information content (AvgIpc) is 3.77. The lowest BCUT2D eigenvalue weighted by atomic mass is 9.93. The van der Waals surface area contributed by atoms with Gasteiger partial charge in [0.15, 0.2) is 0 Å². The first-order chi connectivity index (χ1) is 25.2. The van der Waals surface area contributed by atoms with Crippen molar-refractivity contribution in [3.63, 3.8) is 0 Å². The summed E-state index contributed by atoms with van der Waals surface area (Å²) in [7, 11) is 1.69. The van der Waals surface area contributed by atoms with Gasteiger partial charge in [-0.1, -0.05) is 17.7 Å². The summed E-state index contributed by atoms with van der Waals surface area (Å²) in [5.74, 6) is -0.645. The van der Waals surface area contributed by atoms with E-state index in [9.17, 15) is 14.3 Å². The Bertz CT molecular complexity index is 2340. The largest absolute Gasteiger partial charge is 0.493 e. The van der Waals surface area contributed by atoms with E-state index in [1.54, 1.807) is 13.2 Å². The molecule has 10 nitrogen and oxygen atoms in total. The molecule has 270 valence electrons. The molecule has 1 N–H and O–H groups in total. The van der Waals surface area contributed by atoms with Crippen molar-refractivity contribution >= 4 is 39.2 Å². The molecular weight excluding hydrogens is 685 g/mol. The van der Waals surface area contributed by atoms with Crippen LogP contribution in [0.25, 0.3) is 32.8 Å². The Morgan fingerprint density at radius 3 is 2.73 bits per heavy atom. The summed E-state index contributed by atoms with van der Waals surface area (Å²) in [4.78, 5) is 12.9. The van der Waals surface area contributed by atoms with E-state index in [2.05, 4.69) is 6.07 Å². The van der Waals surface area contributed by atoms with Crippen molar-refractivity contribution < 1.29 is 28.5 Å². The summed E-state index contributed by atoms with van der Waals surface area (Å²) >= 11 is 7.08. The molecular formula is C40H41ClFN5O5. The lowest BCUT2D eigenvalue weighted by molar-refractivity contribution is 0.0120. The molecule has 0 fully saturated rings. The van der Waals surface area contributed by atoms with Crippen LogP contribution in [-0.2, 0) is 48.4 Å². The summed E-state index contributed by atoms with van der Waals surface area (Å²) < 4.78 is 38.6. The average molecular weight is 726 g/mol. The summed E-state index contributed by atoms with van der Waals surface area (Å²) in [6, 6.07) is 14.7. The lowest BCUT2D eigenvalue weighted by Gasteiger charge is -2.26. The number of hydrogen-bond acceptors (Lipinski definition) is 6. The third-order valence-corrected chi connectivity index (χ3v) is 10.8. The van der Waals surface area contributed by atoms with E-state index in [1.165, 1.54) is 12.1 Å². The third kappa shape index (κ3) is 6.14. The monoisotopic (exact) mass is 725 g/mol. The van der Waals surface area contributed by atoms with Crippen LogP contribution in [-0.4, -0.2) is 62.1 Å². The predicted molar refractivity (Wildman–Crippen MR) is 197 cm³/mol. The first-order valence-electron chi connectivity index (χ1n) is 17.8. The summed E-state index contributed by atoms with van der Waals surface area (Å²) in [6.07, 6.45) is 3.03. The van der Waals surface area contributed by atoms with E-state index in [4.69, 9.17) is 36.0 Å². The maximum absolute atomic E-state index is 14.4. The van der Waals surface area contributed by atoms with Gasteiger partial charge in [-0.15, -0.1) is 0 Å². The highest BCUT2D eigenvalue weighted by molar-refractivity contribution is 6.35. The maximum atomic E-state index is 14.4. The topological polar surface area (TPSA) is 106 Å². The SMILES string of the molecule is COCCn1nc2cc1CCc1cc(c3ccc(F)cc3c1)OCCCn1c(C(=O)O)c(C)c3c(c(Cl)ccc31)-c1c(C)nn3c1C(CC2)OCC3. The number of aryl methyl sites for hydroxylation is 6. The van der Waals surface area contributed by atoms with E-state index in [0.717, 1.165) is 67.6 Å². The Balaban J connectivity index is 1.28. The molecule has 8 bridgehead atoms. The zero-order chi connectivity index (χ0) is 36.1. The number of aromatic carboxylic acids is 1. The van der Waals surface area contributed by atoms with Crippen molar-refractivity contribution in [1.29, 1.82) is 0 Å². The molecule has 2 aliphatic rings. The van der Waals surface area contributed by atoms with Gasteiger partial charge in [-0.2, -0.15) is 10.2 Å². The van der Waals surface area contributed by atoms with Crippen molar-refractivity contribution in [2.45, 2.75) is 71.7 Å². The third-order valence-electron chi connectivity index (χ3n) is 10.4. The lowest BCUT2D eigenvalue weighted by Crippen LogP contribution is -2.23. The smallest absolute Gasteiger partial charge is 0.352 e. The molecule has 12 heteroatoms. The summed E-state index contributed by atoms with van der Waals surface area (Å²) in [5.41, 5.74) is 8.15. The van der Waals surface area contributed by atoms with E-state index < -0.39 is 5.97 Å². The highest BCUT2D eigenvalue weighted by atomic mass is 35.5. The molecule has 0 aliphatic carbocycles. The van der Waals surface area contributed by atoms with Crippen LogP contribution in [0.2, 0.25) is 5.02 Å². The molecule has 2 aliphatic heterocycles. The van der Waals surface area contributed by atoms with Gasteiger partial charge in [0.2, 0.25) is 0 Å². The summed E-state index contributed by atoms with van der Waals surface area (Å²) in [5, 5.41) is 23.4. The zero-order valence-corrected chi connectivity index (χ0v) is 30.3. The van der Waals surface area contributed by atoms with Crippen molar-refractivity contribution in [3.8, 4) is 16.9 Å². The molecule has 52 heavy (non-hydrogen) atoms. The normalized spacial score (nSPS) is 16.5. The molecule has 0 saturated heterocycles. The molecule has 3 aromatic heterocycles. The Morgan fingerprint density at radius 2 is 1.90 bits per heavy atom. The van der Waals surface area contributed by atoms with Crippen LogP contribution < -0.4 is 4.74 Å². The van der Waals surface area contributed by atoms with Gasteiger partial charge in [0.05, 0.1) is 50.0 Å². The zero-order valence-electron chi connectivity index (χ0n) is 29.5. The number of carbonyl (C=O) groups is 1. The minimum atomic E-state index is -1.01. The fourth-order valence-corrected chi connectivity index (χ4v) is 8.40. The van der Waals surface area contributed by atoms with Gasteiger partial charge < -0.3 is 23.9 Å². The number of benzene rings is 3. The molecule has 5 heterocycles. The van der Waals surface area contributed by atoms with E-state index in [1.807, 2.05) is 52.0 Å². The molecule has 6 aromatic rings. The number of methoxy groups -OCH3 is 1. The van der Waals surface area contributed by atoms with Crippen LogP contribution in [0.15, 0.2) is 48.5 Å². The highest BCUT2D eigenvalue weighted by Gasteiger charge is 2.32. The van der Waals surface area contributed by atoms with Crippen LogP contribution in [0, 0.1) is 19.7 Å². The molecule has 0 radical (unpaired) electrons. The molecule has 0 amide bonds. The molecule has 3 aromatic carbocycles. The second-order valence-electron chi connectivity index (χ2n) is 13.7. The molecule has 1 unspecified atom stereocenters. The number of hydrogen-bond donors (Lipinski definition) is 1. The molecule has 8 rings (SSSR count). The minimum Gasteiger partial charge on any atom is -0.493 e. The van der Waals surface area contributed by atoms with Crippen molar-refractivity contribution in [3.05, 3.63) is 99.0 Å². The van der Waals surface area contributed by atoms with Gasteiger partial charge in [0.1, 0.15) is 23.4 Å². The number of ether oxygens (including phenoxy) is 3. The van der Waals surface area contributed by atoms with Crippen molar-refractivity contribution in [1.82, 2.24) is 24.1 Å². The van der Waals surface area contributed by atoms with Gasteiger partial charge in [-0.25, -0.2) is 9.18 Å². The Morgan fingerprint density at radius 1 is 1.04 bits per heavy atom. The first-order valence-corrected chi connectivity index (χ1v) is 18.2. The number of fused-ring (bicyclic) bond motifs is 7. The van der Waals surface area contributed by atoms with Crippen LogP contribution >= 0.6 is 11.6 Å². The van der Waals surface area contributed by atoms with E-state index >= 15 is 0 Å². The van der Waals surface area contributed by atoms with Gasteiger partial charge in [0, 0.05) is 51.8 Å². The van der Waals surface area contributed by atoms with Crippen LogP contribution in [0.1, 0.15) is 63.3 Å². The molecule has 0 saturated carbocycles. The van der Waals surface area contributed by atoms with Crippen LogP contribution in [0.4, 0.5) is 4.39 Å². The van der Waals surface area contributed by atoms with Crippen LogP contribution in [0.3, 0.4) is 0 Å². The quantitative estimate of drug-likeness (QED) is 0.197.